The van der Waals surface area contributed by atoms with Gasteiger partial charge in [-0.2, -0.15) is 0 Å². The summed E-state index contributed by atoms with van der Waals surface area (Å²) >= 11 is 1.26. The maximum atomic E-state index is 13.4. The van der Waals surface area contributed by atoms with Crippen LogP contribution < -0.4 is 10.9 Å². The molecule has 0 fully saturated rings. The Morgan fingerprint density at radius 3 is 2.48 bits per heavy atom. The molecule has 6 heteroatoms. The molecular formula is C25H23N3O2S. The summed E-state index contributed by atoms with van der Waals surface area (Å²) in [5.41, 5.74) is 5.13. The van der Waals surface area contributed by atoms with E-state index < -0.39 is 0 Å². The summed E-state index contributed by atoms with van der Waals surface area (Å²) in [4.78, 5) is 30.7. The normalized spacial score (nSPS) is 10.9. The van der Waals surface area contributed by atoms with Crippen molar-refractivity contribution in [2.75, 3.05) is 11.1 Å². The fraction of sp³-hybridized carbons (Fsp3) is 0.160. The number of carbonyl (C=O) groups excluding carboxylic acids is 1. The molecule has 0 spiro atoms. The first-order chi connectivity index (χ1) is 14.9. The van der Waals surface area contributed by atoms with Crippen LogP contribution in [0.25, 0.3) is 16.6 Å². The molecule has 3 aromatic carbocycles. The van der Waals surface area contributed by atoms with E-state index >= 15 is 0 Å². The maximum absolute atomic E-state index is 13.4. The Bertz CT molecular complexity index is 1340. The van der Waals surface area contributed by atoms with E-state index in [1.807, 2.05) is 81.4 Å². The van der Waals surface area contributed by atoms with Gasteiger partial charge < -0.3 is 5.32 Å². The minimum atomic E-state index is -0.145. The fourth-order valence-electron chi connectivity index (χ4n) is 3.51. The third kappa shape index (κ3) is 4.39. The predicted octanol–water partition coefficient (Wildman–Crippen LogP) is 5.04. The molecule has 1 heterocycles. The second kappa shape index (κ2) is 8.78. The molecular weight excluding hydrogens is 406 g/mol. The molecule has 4 rings (SSSR count). The number of nitrogens with zero attached hydrogens (tertiary/aromatic N) is 2. The van der Waals surface area contributed by atoms with E-state index in [1.54, 1.807) is 10.6 Å². The summed E-state index contributed by atoms with van der Waals surface area (Å²) in [6, 6.07) is 20.9. The smallest absolute Gasteiger partial charge is 0.266 e. The van der Waals surface area contributed by atoms with E-state index in [0.29, 0.717) is 16.1 Å². The first-order valence-corrected chi connectivity index (χ1v) is 11.0. The van der Waals surface area contributed by atoms with E-state index in [9.17, 15) is 9.59 Å². The summed E-state index contributed by atoms with van der Waals surface area (Å²) in [6.07, 6.45) is 0. The molecule has 0 radical (unpaired) electrons. The quantitative estimate of drug-likeness (QED) is 0.356. The molecule has 4 aromatic rings. The molecule has 1 amide bonds. The van der Waals surface area contributed by atoms with E-state index in [1.165, 1.54) is 11.8 Å². The van der Waals surface area contributed by atoms with Gasteiger partial charge in [0.15, 0.2) is 5.16 Å². The zero-order valence-electron chi connectivity index (χ0n) is 17.7. The predicted molar refractivity (Wildman–Crippen MR) is 127 cm³/mol. The number of para-hydroxylation sites is 2. The van der Waals surface area contributed by atoms with Crippen LogP contribution in [0.1, 0.15) is 16.7 Å². The lowest BCUT2D eigenvalue weighted by atomic mass is 10.1. The monoisotopic (exact) mass is 429 g/mol. The molecule has 0 bridgehead atoms. The molecule has 5 nitrogen and oxygen atoms in total. The Balaban J connectivity index is 1.72. The van der Waals surface area contributed by atoms with Crippen LogP contribution in [0.4, 0.5) is 5.69 Å². The number of hydrogen-bond acceptors (Lipinski definition) is 4. The van der Waals surface area contributed by atoms with Gasteiger partial charge >= 0.3 is 0 Å². The zero-order chi connectivity index (χ0) is 22.0. The summed E-state index contributed by atoms with van der Waals surface area (Å²) in [5.74, 6) is -0.00167. The van der Waals surface area contributed by atoms with Gasteiger partial charge in [-0.05, 0) is 56.2 Å². The topological polar surface area (TPSA) is 64.0 Å². The molecule has 0 unspecified atom stereocenters. The zero-order valence-corrected chi connectivity index (χ0v) is 18.5. The number of carbonyl (C=O) groups is 1. The standard InChI is InChI=1S/C25H23N3O2S/c1-16-12-13-22(18(3)14-16)28-24(30)19-9-5-7-11-21(19)27-25(28)31-15-23(29)26-20-10-6-4-8-17(20)2/h4-14H,15H2,1-3H3,(H,26,29). The first kappa shape index (κ1) is 20.9. The van der Waals surface area contributed by atoms with E-state index in [2.05, 4.69) is 5.32 Å². The number of aryl methyl sites for hydroxylation is 3. The highest BCUT2D eigenvalue weighted by molar-refractivity contribution is 7.99. The third-order valence-corrected chi connectivity index (χ3v) is 6.03. The van der Waals surface area contributed by atoms with Gasteiger partial charge in [0.25, 0.3) is 5.56 Å². The van der Waals surface area contributed by atoms with Gasteiger partial charge in [-0.25, -0.2) is 4.98 Å². The SMILES string of the molecule is Cc1ccc(-n2c(SCC(=O)Nc3ccccc3C)nc3ccccc3c2=O)c(C)c1. The lowest BCUT2D eigenvalue weighted by molar-refractivity contribution is -0.113. The van der Waals surface area contributed by atoms with Crippen molar-refractivity contribution < 1.29 is 4.79 Å². The molecule has 0 atom stereocenters. The number of fused-ring (bicyclic) bond motifs is 1. The highest BCUT2D eigenvalue weighted by atomic mass is 32.2. The third-order valence-electron chi connectivity index (χ3n) is 5.09. The number of amides is 1. The number of anilines is 1. The van der Waals surface area contributed by atoms with Crippen molar-refractivity contribution in [3.63, 3.8) is 0 Å². The first-order valence-electron chi connectivity index (χ1n) is 10.0. The number of aromatic nitrogens is 2. The number of benzene rings is 3. The second-order valence-electron chi connectivity index (χ2n) is 7.49. The van der Waals surface area contributed by atoms with Crippen LogP contribution in [0, 0.1) is 20.8 Å². The maximum Gasteiger partial charge on any atom is 0.266 e. The van der Waals surface area contributed by atoms with Gasteiger partial charge in [0.2, 0.25) is 5.91 Å². The summed E-state index contributed by atoms with van der Waals surface area (Å²) in [7, 11) is 0. The summed E-state index contributed by atoms with van der Waals surface area (Å²) < 4.78 is 1.61. The van der Waals surface area contributed by atoms with Gasteiger partial charge in [-0.15, -0.1) is 0 Å². The molecule has 31 heavy (non-hydrogen) atoms. The molecule has 0 aliphatic carbocycles. The van der Waals surface area contributed by atoms with Crippen LogP contribution in [0.3, 0.4) is 0 Å². The van der Waals surface area contributed by atoms with Crippen molar-refractivity contribution in [1.29, 1.82) is 0 Å². The van der Waals surface area contributed by atoms with Gasteiger partial charge in [0.1, 0.15) is 0 Å². The van der Waals surface area contributed by atoms with Crippen LogP contribution in [-0.4, -0.2) is 21.2 Å². The number of thioether (sulfide) groups is 1. The molecule has 1 N–H and O–H groups in total. The van der Waals surface area contributed by atoms with Crippen molar-refractivity contribution in [3.8, 4) is 5.69 Å². The molecule has 0 aliphatic heterocycles. The van der Waals surface area contributed by atoms with Crippen LogP contribution in [0.15, 0.2) is 76.7 Å². The van der Waals surface area contributed by atoms with Crippen LogP contribution in [0.2, 0.25) is 0 Å². The number of nitrogens with one attached hydrogen (secondary N) is 1. The van der Waals surface area contributed by atoms with Crippen molar-refractivity contribution in [2.45, 2.75) is 25.9 Å². The Labute approximate surface area is 185 Å². The second-order valence-corrected chi connectivity index (χ2v) is 8.44. The highest BCUT2D eigenvalue weighted by Crippen LogP contribution is 2.24. The van der Waals surface area contributed by atoms with Gasteiger partial charge in [0, 0.05) is 5.69 Å². The average molecular weight is 430 g/mol. The molecule has 0 saturated carbocycles. The number of hydrogen-bond donors (Lipinski definition) is 1. The van der Waals surface area contributed by atoms with E-state index in [4.69, 9.17) is 4.98 Å². The minimum Gasteiger partial charge on any atom is -0.325 e. The van der Waals surface area contributed by atoms with E-state index in [-0.39, 0.29) is 17.2 Å². The minimum absolute atomic E-state index is 0.139. The van der Waals surface area contributed by atoms with Crippen LogP contribution in [-0.2, 0) is 4.79 Å². The molecule has 0 saturated heterocycles. The van der Waals surface area contributed by atoms with Gasteiger partial charge in [-0.1, -0.05) is 59.8 Å². The fourth-order valence-corrected chi connectivity index (χ4v) is 4.31. The molecule has 156 valence electrons. The lowest BCUT2D eigenvalue weighted by Crippen LogP contribution is -2.23. The van der Waals surface area contributed by atoms with E-state index in [0.717, 1.165) is 28.1 Å². The van der Waals surface area contributed by atoms with Crippen molar-refractivity contribution in [2.24, 2.45) is 0 Å². The average Bonchev–Trinajstić information content (AvgIpc) is 2.75. The lowest BCUT2D eigenvalue weighted by Gasteiger charge is -2.15. The van der Waals surface area contributed by atoms with Crippen molar-refractivity contribution in [3.05, 3.63) is 93.8 Å². The Morgan fingerprint density at radius 1 is 0.968 bits per heavy atom. The van der Waals surface area contributed by atoms with Gasteiger partial charge in [0.05, 0.1) is 22.3 Å². The van der Waals surface area contributed by atoms with Crippen molar-refractivity contribution >= 4 is 34.3 Å². The van der Waals surface area contributed by atoms with Crippen LogP contribution in [0.5, 0.6) is 0 Å². The van der Waals surface area contributed by atoms with Crippen molar-refractivity contribution in [1.82, 2.24) is 9.55 Å². The van der Waals surface area contributed by atoms with Gasteiger partial charge in [-0.3, -0.25) is 14.2 Å². The Morgan fingerprint density at radius 2 is 1.71 bits per heavy atom. The molecule has 1 aromatic heterocycles. The summed E-state index contributed by atoms with van der Waals surface area (Å²) in [6.45, 7) is 5.94. The highest BCUT2D eigenvalue weighted by Gasteiger charge is 2.16. The largest absolute Gasteiger partial charge is 0.325 e. The number of rotatable bonds is 5. The Hall–Kier alpha value is -3.38. The summed E-state index contributed by atoms with van der Waals surface area (Å²) in [5, 5.41) is 3.98. The molecule has 0 aliphatic rings. The Kier molecular flexibility index (Phi) is 5.91. The van der Waals surface area contributed by atoms with Crippen LogP contribution >= 0.6 is 11.8 Å².